The molecule has 0 amide bonds. The normalized spacial score (nSPS) is 46.1. The van der Waals surface area contributed by atoms with Gasteiger partial charge < -0.3 is 10.2 Å². The second kappa shape index (κ2) is 7.89. The molecule has 0 saturated heterocycles. The van der Waals surface area contributed by atoms with Gasteiger partial charge in [0.25, 0.3) is 0 Å². The van der Waals surface area contributed by atoms with Crippen LogP contribution in [0.3, 0.4) is 0 Å². The zero-order valence-corrected chi connectivity index (χ0v) is 22.2. The van der Waals surface area contributed by atoms with Gasteiger partial charge in [-0.2, -0.15) is 0 Å². The lowest BCUT2D eigenvalue weighted by Crippen LogP contribution is -2.64. The van der Waals surface area contributed by atoms with E-state index in [2.05, 4.69) is 61.5 Å². The summed E-state index contributed by atoms with van der Waals surface area (Å²) in [5, 5.41) is 23.0. The Hall–Kier alpha value is -0.760. The smallest absolute Gasteiger partial charge is 0.0961 e. The number of hydrogen-bond donors (Lipinski definition) is 2. The van der Waals surface area contributed by atoms with E-state index in [-0.39, 0.29) is 33.7 Å². The Bertz CT molecular complexity index is 791. The van der Waals surface area contributed by atoms with Gasteiger partial charge in [0.2, 0.25) is 0 Å². The summed E-state index contributed by atoms with van der Waals surface area (Å²) in [5.41, 5.74) is 1.53. The summed E-state index contributed by atoms with van der Waals surface area (Å²) in [6, 6.07) is 0. The molecule has 0 bridgehead atoms. The Balaban J connectivity index is 1.68. The lowest BCUT2D eigenvalue weighted by atomic mass is 9.38. The molecule has 182 valence electrons. The van der Waals surface area contributed by atoms with Crippen molar-refractivity contribution in [3.05, 3.63) is 23.5 Å². The molecule has 32 heavy (non-hydrogen) atoms. The monoisotopic (exact) mass is 442 g/mol. The molecule has 2 N–H and O–H groups in total. The van der Waals surface area contributed by atoms with E-state index in [1.54, 1.807) is 0 Å². The summed E-state index contributed by atoms with van der Waals surface area (Å²) >= 11 is 0. The van der Waals surface area contributed by atoms with Crippen LogP contribution in [0, 0.1) is 51.2 Å². The van der Waals surface area contributed by atoms with Gasteiger partial charge in [-0.3, -0.25) is 0 Å². The van der Waals surface area contributed by atoms with E-state index in [9.17, 15) is 10.2 Å². The maximum Gasteiger partial charge on any atom is 0.0961 e. The van der Waals surface area contributed by atoms with Gasteiger partial charge in [0.15, 0.2) is 0 Å². The van der Waals surface area contributed by atoms with Crippen LogP contribution in [-0.4, -0.2) is 16.3 Å². The molecule has 2 saturated carbocycles. The van der Waals surface area contributed by atoms with Crippen LogP contribution in [0.1, 0.15) is 107 Å². The summed E-state index contributed by atoms with van der Waals surface area (Å²) < 4.78 is 0. The average Bonchev–Trinajstić information content (AvgIpc) is 2.96. The lowest BCUT2D eigenvalue weighted by Gasteiger charge is -2.66. The Labute approximate surface area is 198 Å². The van der Waals surface area contributed by atoms with Crippen molar-refractivity contribution in [1.29, 1.82) is 0 Å². The quantitative estimate of drug-likeness (QED) is 0.422. The number of allylic oxidation sites excluding steroid dienone is 3. The van der Waals surface area contributed by atoms with E-state index in [1.165, 1.54) is 37.7 Å². The van der Waals surface area contributed by atoms with E-state index in [4.69, 9.17) is 0 Å². The van der Waals surface area contributed by atoms with Gasteiger partial charge in [-0.05, 0) is 78.1 Å². The van der Waals surface area contributed by atoms with Crippen molar-refractivity contribution in [2.24, 2.45) is 51.2 Å². The Kier molecular flexibility index (Phi) is 6.01. The molecule has 4 aliphatic rings. The molecule has 2 fully saturated rings. The highest BCUT2D eigenvalue weighted by Gasteiger charge is 2.70. The van der Waals surface area contributed by atoms with Crippen molar-refractivity contribution < 1.29 is 10.2 Å². The molecule has 0 heterocycles. The van der Waals surface area contributed by atoms with Crippen molar-refractivity contribution in [2.45, 2.75) is 113 Å². The first-order valence-corrected chi connectivity index (χ1v) is 13.6. The van der Waals surface area contributed by atoms with Crippen LogP contribution in [0.2, 0.25) is 0 Å². The summed E-state index contributed by atoms with van der Waals surface area (Å²) in [6.45, 7) is 19.2. The van der Waals surface area contributed by atoms with Crippen LogP contribution in [0.4, 0.5) is 0 Å². The minimum atomic E-state index is -0.368. The molecule has 0 radical (unpaired) electrons. The maximum absolute atomic E-state index is 11.9. The molecule has 2 nitrogen and oxygen atoms in total. The van der Waals surface area contributed by atoms with Crippen molar-refractivity contribution >= 4 is 0 Å². The minimum absolute atomic E-state index is 0.0242. The summed E-state index contributed by atoms with van der Waals surface area (Å²) in [4.78, 5) is 0. The first kappa shape index (κ1) is 24.4. The van der Waals surface area contributed by atoms with Gasteiger partial charge in [-0.1, -0.05) is 86.3 Å². The molecule has 0 aromatic carbocycles. The van der Waals surface area contributed by atoms with Crippen LogP contribution < -0.4 is 0 Å². The van der Waals surface area contributed by atoms with E-state index < -0.39 is 0 Å². The van der Waals surface area contributed by atoms with E-state index in [0.29, 0.717) is 23.5 Å². The Morgan fingerprint density at radius 2 is 1.69 bits per heavy atom. The number of rotatable bonds is 5. The summed E-state index contributed by atoms with van der Waals surface area (Å²) in [7, 11) is 0. The molecule has 4 rings (SSSR count). The minimum Gasteiger partial charge on any atom is -0.512 e. The second-order valence-electron chi connectivity index (χ2n) is 14.0. The highest BCUT2D eigenvalue weighted by atomic mass is 16.3. The molecular formula is C30H50O2. The van der Waals surface area contributed by atoms with Crippen molar-refractivity contribution in [3.8, 4) is 0 Å². The summed E-state index contributed by atoms with van der Waals surface area (Å²) in [6.07, 6.45) is 13.5. The first-order chi connectivity index (χ1) is 14.8. The van der Waals surface area contributed by atoms with Gasteiger partial charge in [0.1, 0.15) is 0 Å². The highest BCUT2D eigenvalue weighted by Crippen LogP contribution is 2.74. The van der Waals surface area contributed by atoms with Crippen molar-refractivity contribution in [1.82, 2.24) is 0 Å². The fraction of sp³-hybridized carbons (Fsp3) is 0.867. The van der Waals surface area contributed by atoms with Crippen LogP contribution in [0.25, 0.3) is 0 Å². The zero-order valence-electron chi connectivity index (χ0n) is 22.2. The summed E-state index contributed by atoms with van der Waals surface area (Å²) in [5.74, 6) is 3.10. The maximum atomic E-state index is 11.9. The van der Waals surface area contributed by atoms with Gasteiger partial charge >= 0.3 is 0 Å². The average molecular weight is 443 g/mol. The van der Waals surface area contributed by atoms with Gasteiger partial charge in [0, 0.05) is 11.3 Å². The lowest BCUT2D eigenvalue weighted by molar-refractivity contribution is -0.197. The molecular weight excluding hydrogens is 392 g/mol. The third-order valence-electron chi connectivity index (χ3n) is 11.5. The van der Waals surface area contributed by atoms with Crippen LogP contribution in [-0.2, 0) is 0 Å². The molecule has 0 aromatic heterocycles. The predicted octanol–water partition coefficient (Wildman–Crippen LogP) is 8.08. The van der Waals surface area contributed by atoms with Crippen LogP contribution in [0.5, 0.6) is 0 Å². The highest BCUT2D eigenvalue weighted by molar-refractivity contribution is 5.37. The second-order valence-corrected chi connectivity index (χ2v) is 14.0. The van der Waals surface area contributed by atoms with Crippen molar-refractivity contribution in [2.75, 3.05) is 0 Å². The van der Waals surface area contributed by atoms with Gasteiger partial charge in [0.05, 0.1) is 11.9 Å². The molecule has 1 unspecified atom stereocenters. The third-order valence-corrected chi connectivity index (χ3v) is 11.5. The van der Waals surface area contributed by atoms with Crippen molar-refractivity contribution in [3.63, 3.8) is 0 Å². The molecule has 0 spiro atoms. The molecule has 0 aliphatic heterocycles. The number of hydrogen-bond acceptors (Lipinski definition) is 2. The molecule has 0 aromatic rings. The first-order valence-electron chi connectivity index (χ1n) is 13.6. The Morgan fingerprint density at radius 1 is 1.00 bits per heavy atom. The largest absolute Gasteiger partial charge is 0.512 e. The number of fused-ring (bicyclic) bond motifs is 5. The van der Waals surface area contributed by atoms with E-state index in [1.807, 2.05) is 6.08 Å². The predicted molar refractivity (Wildman–Crippen MR) is 134 cm³/mol. The fourth-order valence-electron chi connectivity index (χ4n) is 9.29. The van der Waals surface area contributed by atoms with E-state index in [0.717, 1.165) is 25.2 Å². The molecule has 2 heteroatoms. The van der Waals surface area contributed by atoms with Gasteiger partial charge in [-0.15, -0.1) is 0 Å². The van der Waals surface area contributed by atoms with Crippen LogP contribution in [0.15, 0.2) is 23.5 Å². The SMILES string of the molecule is CC(C)CCC[C@@H](C)[C@H]1CC[C@@]2(C)[C@@H]3CC=C4[C@@H](C(O)=CCC4(C)C)[C@]3(C)C(O)C[C@]12C. The number of aliphatic hydroxyl groups excluding tert-OH is 2. The fourth-order valence-corrected chi connectivity index (χ4v) is 9.29. The Morgan fingerprint density at radius 3 is 2.34 bits per heavy atom. The number of aliphatic hydroxyl groups is 2. The van der Waals surface area contributed by atoms with E-state index >= 15 is 0 Å². The topological polar surface area (TPSA) is 40.5 Å². The molecule has 4 aliphatic carbocycles. The van der Waals surface area contributed by atoms with Crippen LogP contribution >= 0.6 is 0 Å². The standard InChI is InChI=1S/C30H50O2/c1-19(2)10-9-11-20(3)21-14-17-28(6)24-13-12-22-26(23(31)15-16-27(22,4)5)30(24,8)25(32)18-29(21,28)7/h12,15,19-21,24-26,31-32H,9-11,13-14,16-18H2,1-8H3/t20-,21-,24+,25?,26+,28+,29-,30+/m1/s1. The third kappa shape index (κ3) is 3.29. The zero-order chi connectivity index (χ0) is 23.7. The molecule has 8 atom stereocenters. The van der Waals surface area contributed by atoms with Gasteiger partial charge in [-0.25, -0.2) is 0 Å².